The summed E-state index contributed by atoms with van der Waals surface area (Å²) >= 11 is 0. The number of fused-ring (bicyclic) bond motifs is 2. The molecule has 3 aromatic rings. The van der Waals surface area contributed by atoms with Crippen molar-refractivity contribution in [2.45, 2.75) is 25.8 Å². The Bertz CT molecular complexity index is 894. The number of hydrogen-bond donors (Lipinski definition) is 1. The first-order chi connectivity index (χ1) is 12.4. The average Bonchev–Trinajstić information content (AvgIpc) is 3.27. The van der Waals surface area contributed by atoms with Crippen LogP contribution in [0.5, 0.6) is 0 Å². The highest BCUT2D eigenvalue weighted by Crippen LogP contribution is 2.25. The molecule has 2 aromatic heterocycles. The van der Waals surface area contributed by atoms with Crippen molar-refractivity contribution in [3.8, 4) is 0 Å². The minimum atomic E-state index is 0.977. The molecule has 1 aliphatic heterocycles. The minimum Gasteiger partial charge on any atom is -0.369 e. The Morgan fingerprint density at radius 3 is 2.92 bits per heavy atom. The molecule has 6 heteroatoms. The number of benzene rings is 1. The van der Waals surface area contributed by atoms with Crippen molar-refractivity contribution in [1.29, 1.82) is 0 Å². The highest BCUT2D eigenvalue weighted by Gasteiger charge is 2.22. The third-order valence-corrected chi connectivity index (χ3v) is 5.49. The van der Waals surface area contributed by atoms with Gasteiger partial charge in [0.1, 0.15) is 6.33 Å². The molecule has 0 spiro atoms. The van der Waals surface area contributed by atoms with Crippen molar-refractivity contribution >= 4 is 16.6 Å². The standard InChI is InChI=1S/C19H22N6/c1-2-16-18(3-1)22-23-19(16)12-24-6-8-25(9-7-24)15-4-5-17-14(10-15)11-20-13-21-17/h4-5,10-11,13H,1-3,6-9,12H2,(H,22,23). The Morgan fingerprint density at radius 1 is 1.08 bits per heavy atom. The van der Waals surface area contributed by atoms with E-state index in [1.54, 1.807) is 6.33 Å². The lowest BCUT2D eigenvalue weighted by atomic mass is 10.1. The molecule has 1 saturated heterocycles. The highest BCUT2D eigenvalue weighted by atomic mass is 15.3. The molecule has 1 aromatic carbocycles. The Labute approximate surface area is 146 Å². The van der Waals surface area contributed by atoms with Crippen molar-refractivity contribution in [2.24, 2.45) is 0 Å². The first-order valence-corrected chi connectivity index (χ1v) is 9.09. The van der Waals surface area contributed by atoms with E-state index in [1.165, 1.54) is 41.9 Å². The normalized spacial score (nSPS) is 18.0. The maximum Gasteiger partial charge on any atom is 0.116 e. The van der Waals surface area contributed by atoms with Crippen molar-refractivity contribution in [3.63, 3.8) is 0 Å². The van der Waals surface area contributed by atoms with Gasteiger partial charge in [0.05, 0.1) is 11.2 Å². The summed E-state index contributed by atoms with van der Waals surface area (Å²) in [4.78, 5) is 13.4. The van der Waals surface area contributed by atoms with Crippen LogP contribution in [-0.4, -0.2) is 51.2 Å². The van der Waals surface area contributed by atoms with Gasteiger partial charge in [0.25, 0.3) is 0 Å². The molecule has 1 aliphatic carbocycles. The van der Waals surface area contributed by atoms with Crippen LogP contribution < -0.4 is 4.90 Å². The number of anilines is 1. The minimum absolute atomic E-state index is 0.977. The number of piperazine rings is 1. The van der Waals surface area contributed by atoms with E-state index in [4.69, 9.17) is 0 Å². The lowest BCUT2D eigenvalue weighted by molar-refractivity contribution is 0.246. The number of aromatic amines is 1. The van der Waals surface area contributed by atoms with E-state index in [9.17, 15) is 0 Å². The molecule has 6 nitrogen and oxygen atoms in total. The van der Waals surface area contributed by atoms with Gasteiger partial charge >= 0.3 is 0 Å². The Hall–Kier alpha value is -2.47. The maximum absolute atomic E-state index is 4.55. The van der Waals surface area contributed by atoms with Crippen LogP contribution in [0.25, 0.3) is 10.9 Å². The zero-order valence-electron chi connectivity index (χ0n) is 14.3. The van der Waals surface area contributed by atoms with Crippen LogP contribution in [0.3, 0.4) is 0 Å². The third-order valence-electron chi connectivity index (χ3n) is 5.49. The van der Waals surface area contributed by atoms with Crippen LogP contribution in [0.4, 0.5) is 5.69 Å². The molecule has 25 heavy (non-hydrogen) atoms. The molecule has 0 bridgehead atoms. The summed E-state index contributed by atoms with van der Waals surface area (Å²) in [6, 6.07) is 6.46. The Kier molecular flexibility index (Phi) is 3.63. The fourth-order valence-corrected chi connectivity index (χ4v) is 4.06. The van der Waals surface area contributed by atoms with Crippen LogP contribution in [-0.2, 0) is 19.4 Å². The lowest BCUT2D eigenvalue weighted by Gasteiger charge is -2.36. The van der Waals surface area contributed by atoms with Crippen molar-refractivity contribution in [1.82, 2.24) is 25.1 Å². The molecule has 3 heterocycles. The van der Waals surface area contributed by atoms with Gasteiger partial charge in [-0.3, -0.25) is 10.00 Å². The quantitative estimate of drug-likeness (QED) is 0.795. The molecule has 0 saturated carbocycles. The second-order valence-corrected chi connectivity index (χ2v) is 7.01. The number of nitrogens with one attached hydrogen (secondary N) is 1. The summed E-state index contributed by atoms with van der Waals surface area (Å²) in [5.74, 6) is 0. The van der Waals surface area contributed by atoms with Crippen molar-refractivity contribution < 1.29 is 0 Å². The number of H-pyrrole nitrogens is 1. The molecule has 0 radical (unpaired) electrons. The van der Waals surface area contributed by atoms with Gasteiger partial charge in [-0.25, -0.2) is 9.97 Å². The van der Waals surface area contributed by atoms with Gasteiger partial charge in [-0.2, -0.15) is 5.10 Å². The summed E-state index contributed by atoms with van der Waals surface area (Å²) in [6.45, 7) is 5.22. The third kappa shape index (κ3) is 2.76. The van der Waals surface area contributed by atoms with E-state index in [1.807, 2.05) is 6.20 Å². The predicted molar refractivity (Wildman–Crippen MR) is 97.6 cm³/mol. The number of aryl methyl sites for hydroxylation is 1. The molecular formula is C19H22N6. The van der Waals surface area contributed by atoms with Crippen LogP contribution in [0.15, 0.2) is 30.7 Å². The molecule has 0 unspecified atom stereocenters. The predicted octanol–water partition coefficient (Wildman–Crippen LogP) is 2.16. The topological polar surface area (TPSA) is 60.9 Å². The fraction of sp³-hybridized carbons (Fsp3) is 0.421. The van der Waals surface area contributed by atoms with Crippen LogP contribution in [0.2, 0.25) is 0 Å². The van der Waals surface area contributed by atoms with Gasteiger partial charge in [0.15, 0.2) is 0 Å². The fourth-order valence-electron chi connectivity index (χ4n) is 4.06. The molecule has 1 fully saturated rings. The lowest BCUT2D eigenvalue weighted by Crippen LogP contribution is -2.46. The number of aromatic nitrogens is 4. The summed E-state index contributed by atoms with van der Waals surface area (Å²) in [5.41, 5.74) is 6.39. The summed E-state index contributed by atoms with van der Waals surface area (Å²) < 4.78 is 0. The molecular weight excluding hydrogens is 312 g/mol. The van der Waals surface area contributed by atoms with Gasteiger partial charge in [-0.1, -0.05) is 0 Å². The molecule has 1 N–H and O–H groups in total. The zero-order chi connectivity index (χ0) is 16.6. The van der Waals surface area contributed by atoms with E-state index in [0.717, 1.165) is 43.6 Å². The van der Waals surface area contributed by atoms with Crippen molar-refractivity contribution in [2.75, 3.05) is 31.1 Å². The van der Waals surface area contributed by atoms with Crippen LogP contribution >= 0.6 is 0 Å². The van der Waals surface area contributed by atoms with Crippen LogP contribution in [0.1, 0.15) is 23.4 Å². The number of nitrogens with zero attached hydrogens (tertiary/aromatic N) is 5. The SMILES string of the molecule is c1ncc2cc(N3CCN(Cc4n[nH]c5c4CCC5)CC3)ccc2n1. The first kappa shape index (κ1) is 14.8. The zero-order valence-corrected chi connectivity index (χ0v) is 14.3. The summed E-state index contributed by atoms with van der Waals surface area (Å²) in [7, 11) is 0. The molecule has 0 amide bonds. The van der Waals surface area contributed by atoms with E-state index >= 15 is 0 Å². The Balaban J connectivity index is 1.26. The molecule has 2 aliphatic rings. The first-order valence-electron chi connectivity index (χ1n) is 9.09. The molecule has 5 rings (SSSR count). The van der Waals surface area contributed by atoms with Crippen molar-refractivity contribution in [3.05, 3.63) is 47.7 Å². The van der Waals surface area contributed by atoms with E-state index in [-0.39, 0.29) is 0 Å². The van der Waals surface area contributed by atoms with Gasteiger partial charge in [-0.15, -0.1) is 0 Å². The van der Waals surface area contributed by atoms with Gasteiger partial charge in [-0.05, 0) is 43.0 Å². The molecule has 128 valence electrons. The number of hydrogen-bond acceptors (Lipinski definition) is 5. The van der Waals surface area contributed by atoms with E-state index in [0.29, 0.717) is 0 Å². The van der Waals surface area contributed by atoms with Gasteiger partial charge < -0.3 is 4.90 Å². The number of rotatable bonds is 3. The highest BCUT2D eigenvalue weighted by molar-refractivity contribution is 5.81. The monoisotopic (exact) mass is 334 g/mol. The largest absolute Gasteiger partial charge is 0.369 e. The van der Waals surface area contributed by atoms with Gasteiger partial charge in [0.2, 0.25) is 0 Å². The average molecular weight is 334 g/mol. The second-order valence-electron chi connectivity index (χ2n) is 7.01. The summed E-state index contributed by atoms with van der Waals surface area (Å²) in [5, 5.41) is 8.88. The smallest absolute Gasteiger partial charge is 0.116 e. The maximum atomic E-state index is 4.55. The summed E-state index contributed by atoms with van der Waals surface area (Å²) in [6.07, 6.45) is 7.13. The van der Waals surface area contributed by atoms with E-state index < -0.39 is 0 Å². The van der Waals surface area contributed by atoms with Gasteiger partial charge in [0, 0.05) is 55.7 Å². The molecule has 0 atom stereocenters. The Morgan fingerprint density at radius 2 is 2.00 bits per heavy atom. The second kappa shape index (κ2) is 6.11. The van der Waals surface area contributed by atoms with E-state index in [2.05, 4.69) is 48.2 Å². The van der Waals surface area contributed by atoms with Crippen LogP contribution in [0, 0.1) is 0 Å².